The summed E-state index contributed by atoms with van der Waals surface area (Å²) in [7, 11) is 1.57. The smallest absolute Gasteiger partial charge is 0.124 e. The highest BCUT2D eigenvalue weighted by molar-refractivity contribution is 5.48. The molecule has 68 valence electrons. The van der Waals surface area contributed by atoms with Gasteiger partial charge in [-0.1, -0.05) is 12.1 Å². The molecule has 0 saturated heterocycles. The number of allylic oxidation sites excluding steroid dienone is 1. The summed E-state index contributed by atoms with van der Waals surface area (Å²) in [6, 6.07) is 5.09. The van der Waals surface area contributed by atoms with Crippen molar-refractivity contribution in [3.8, 4) is 5.75 Å². The highest BCUT2D eigenvalue weighted by Crippen LogP contribution is 2.25. The van der Waals surface area contributed by atoms with Gasteiger partial charge in [-0.2, -0.15) is 0 Å². The second-order valence-corrected chi connectivity index (χ2v) is 2.58. The molecule has 1 aromatic rings. The first-order valence-corrected chi connectivity index (χ1v) is 3.93. The van der Waals surface area contributed by atoms with E-state index in [1.165, 1.54) is 0 Å². The third-order valence-corrected chi connectivity index (χ3v) is 1.74. The van der Waals surface area contributed by atoms with Crippen LogP contribution in [0.5, 0.6) is 5.75 Å². The van der Waals surface area contributed by atoms with Gasteiger partial charge >= 0.3 is 0 Å². The van der Waals surface area contributed by atoms with Gasteiger partial charge in [0.05, 0.1) is 7.11 Å². The first-order chi connectivity index (χ1) is 6.31. The molecule has 0 N–H and O–H groups in total. The van der Waals surface area contributed by atoms with Crippen LogP contribution < -0.4 is 4.74 Å². The minimum atomic E-state index is 0.379. The summed E-state index contributed by atoms with van der Waals surface area (Å²) in [6.07, 6.45) is 2.51. The molecule has 0 bridgehead atoms. The van der Waals surface area contributed by atoms with Crippen LogP contribution in [0.15, 0.2) is 36.0 Å². The average molecular weight is 177 g/mol. The largest absolute Gasteiger partial charge is 0.496 e. The number of nitrogens with zero attached hydrogens (tertiary/aromatic N) is 1. The van der Waals surface area contributed by atoms with Crippen molar-refractivity contribution in [1.82, 2.24) is 0 Å². The van der Waals surface area contributed by atoms with Crippen LogP contribution in [0.3, 0.4) is 0 Å². The Balaban J connectivity index is 3.06. The van der Waals surface area contributed by atoms with Crippen molar-refractivity contribution in [2.24, 2.45) is 5.18 Å². The van der Waals surface area contributed by atoms with Crippen molar-refractivity contribution in [1.29, 1.82) is 0 Å². The molecule has 0 spiro atoms. The Morgan fingerprint density at radius 3 is 2.92 bits per heavy atom. The van der Waals surface area contributed by atoms with Gasteiger partial charge < -0.3 is 4.74 Å². The molecule has 0 aliphatic rings. The zero-order valence-corrected chi connectivity index (χ0v) is 7.49. The Kier molecular flexibility index (Phi) is 3.20. The van der Waals surface area contributed by atoms with Gasteiger partial charge in [0.25, 0.3) is 0 Å². The fourth-order valence-electron chi connectivity index (χ4n) is 1.11. The molecule has 0 aliphatic heterocycles. The van der Waals surface area contributed by atoms with Crippen LogP contribution in [0.25, 0.3) is 0 Å². The Labute approximate surface area is 77.0 Å². The normalized spacial score (nSPS) is 9.31. The molecule has 3 nitrogen and oxygen atoms in total. The predicted octanol–water partition coefficient (Wildman–Crippen LogP) is 2.82. The number of hydrogen-bond acceptors (Lipinski definition) is 3. The molecule has 0 aromatic heterocycles. The Morgan fingerprint density at radius 1 is 1.62 bits per heavy atom. The van der Waals surface area contributed by atoms with E-state index < -0.39 is 0 Å². The molecule has 13 heavy (non-hydrogen) atoms. The number of benzene rings is 1. The number of nitroso groups, excluding NO2 is 1. The van der Waals surface area contributed by atoms with Gasteiger partial charge in [0.15, 0.2) is 0 Å². The maximum Gasteiger partial charge on any atom is 0.124 e. The van der Waals surface area contributed by atoms with E-state index in [2.05, 4.69) is 11.8 Å². The van der Waals surface area contributed by atoms with Gasteiger partial charge in [-0.15, -0.1) is 11.5 Å². The molecular weight excluding hydrogens is 166 g/mol. The van der Waals surface area contributed by atoms with Crippen molar-refractivity contribution in [2.45, 2.75) is 6.42 Å². The minimum absolute atomic E-state index is 0.379. The summed E-state index contributed by atoms with van der Waals surface area (Å²) < 4.78 is 5.09. The van der Waals surface area contributed by atoms with Crippen LogP contribution in [0.2, 0.25) is 0 Å². The molecule has 0 heterocycles. The zero-order chi connectivity index (χ0) is 9.68. The zero-order valence-electron chi connectivity index (χ0n) is 7.49. The van der Waals surface area contributed by atoms with E-state index in [0.717, 1.165) is 12.0 Å². The summed E-state index contributed by atoms with van der Waals surface area (Å²) in [5, 5.41) is 2.82. The fourth-order valence-corrected chi connectivity index (χ4v) is 1.11. The number of rotatable bonds is 4. The molecule has 0 atom stereocenters. The lowest BCUT2D eigenvalue weighted by molar-refractivity contribution is 0.411. The van der Waals surface area contributed by atoms with Gasteiger partial charge in [0, 0.05) is 6.07 Å². The summed E-state index contributed by atoms with van der Waals surface area (Å²) in [5.74, 6) is 0.678. The van der Waals surface area contributed by atoms with Gasteiger partial charge in [-0.25, -0.2) is 0 Å². The van der Waals surface area contributed by atoms with Crippen molar-refractivity contribution in [3.05, 3.63) is 41.3 Å². The Hall–Kier alpha value is -1.64. The van der Waals surface area contributed by atoms with Crippen molar-refractivity contribution in [3.63, 3.8) is 0 Å². The quantitative estimate of drug-likeness (QED) is 0.524. The molecule has 0 saturated carbocycles. The minimum Gasteiger partial charge on any atom is -0.496 e. The number of hydrogen-bond donors (Lipinski definition) is 0. The second-order valence-electron chi connectivity index (χ2n) is 2.58. The topological polar surface area (TPSA) is 38.7 Å². The van der Waals surface area contributed by atoms with E-state index in [0.29, 0.717) is 11.4 Å². The highest BCUT2D eigenvalue weighted by Gasteiger charge is 2.02. The lowest BCUT2D eigenvalue weighted by Crippen LogP contribution is -1.89. The summed E-state index contributed by atoms with van der Waals surface area (Å²) in [5.41, 5.74) is 1.38. The lowest BCUT2D eigenvalue weighted by Gasteiger charge is -2.05. The Morgan fingerprint density at radius 2 is 2.38 bits per heavy atom. The molecule has 0 unspecified atom stereocenters. The second kappa shape index (κ2) is 4.40. The van der Waals surface area contributed by atoms with E-state index in [1.807, 2.05) is 6.07 Å². The molecule has 1 rings (SSSR count). The predicted molar refractivity (Wildman–Crippen MR) is 52.4 cm³/mol. The van der Waals surface area contributed by atoms with E-state index in [1.54, 1.807) is 25.3 Å². The molecule has 0 aliphatic carbocycles. The van der Waals surface area contributed by atoms with E-state index >= 15 is 0 Å². The molecule has 1 aromatic carbocycles. The van der Waals surface area contributed by atoms with E-state index in [-0.39, 0.29) is 0 Å². The van der Waals surface area contributed by atoms with Crippen LogP contribution in [-0.2, 0) is 6.42 Å². The third kappa shape index (κ3) is 2.15. The first-order valence-electron chi connectivity index (χ1n) is 3.93. The van der Waals surface area contributed by atoms with Gasteiger partial charge in [0.1, 0.15) is 11.4 Å². The van der Waals surface area contributed by atoms with Crippen LogP contribution in [0.1, 0.15) is 5.56 Å². The summed E-state index contributed by atoms with van der Waals surface area (Å²) >= 11 is 0. The SMILES string of the molecule is C=CCc1ccc(N=O)cc1OC. The average Bonchev–Trinajstić information content (AvgIpc) is 2.19. The molecular formula is C10H11NO2. The van der Waals surface area contributed by atoms with Gasteiger partial charge in [-0.3, -0.25) is 0 Å². The fraction of sp³-hybridized carbons (Fsp3) is 0.200. The third-order valence-electron chi connectivity index (χ3n) is 1.74. The van der Waals surface area contributed by atoms with Gasteiger partial charge in [0.2, 0.25) is 0 Å². The molecule has 0 amide bonds. The van der Waals surface area contributed by atoms with Crippen LogP contribution in [-0.4, -0.2) is 7.11 Å². The summed E-state index contributed by atoms with van der Waals surface area (Å²) in [6.45, 7) is 3.63. The van der Waals surface area contributed by atoms with Crippen molar-refractivity contribution in [2.75, 3.05) is 7.11 Å². The van der Waals surface area contributed by atoms with Crippen LogP contribution in [0, 0.1) is 4.91 Å². The maximum atomic E-state index is 10.2. The van der Waals surface area contributed by atoms with E-state index in [9.17, 15) is 4.91 Å². The standard InChI is InChI=1S/C10H11NO2/c1-3-4-8-5-6-9(11-12)7-10(8)13-2/h3,5-7H,1,4H2,2H3. The number of ether oxygens (including phenoxy) is 1. The maximum absolute atomic E-state index is 10.2. The Bertz CT molecular complexity index is 321. The monoisotopic (exact) mass is 177 g/mol. The number of methoxy groups -OCH3 is 1. The molecule has 0 fully saturated rings. The molecule has 3 heteroatoms. The lowest BCUT2D eigenvalue weighted by atomic mass is 10.1. The van der Waals surface area contributed by atoms with Crippen LogP contribution in [0.4, 0.5) is 5.69 Å². The first kappa shape index (κ1) is 9.45. The summed E-state index contributed by atoms with van der Waals surface area (Å²) in [4.78, 5) is 10.2. The van der Waals surface area contributed by atoms with Crippen molar-refractivity contribution >= 4 is 5.69 Å². The van der Waals surface area contributed by atoms with E-state index in [4.69, 9.17) is 4.74 Å². The molecule has 0 radical (unpaired) electrons. The highest BCUT2D eigenvalue weighted by atomic mass is 16.5. The van der Waals surface area contributed by atoms with Gasteiger partial charge in [-0.05, 0) is 23.2 Å². The van der Waals surface area contributed by atoms with Crippen LogP contribution >= 0.6 is 0 Å². The van der Waals surface area contributed by atoms with Crippen molar-refractivity contribution < 1.29 is 4.74 Å².